The average Bonchev–Trinajstić information content (AvgIpc) is 2.61. The number of sulfone groups is 1. The first-order chi connectivity index (χ1) is 12.5. The fourth-order valence-corrected chi connectivity index (χ4v) is 3.29. The monoisotopic (exact) mass is 389 g/mol. The summed E-state index contributed by atoms with van der Waals surface area (Å²) in [7, 11) is -1.62. The van der Waals surface area contributed by atoms with Crippen LogP contribution in [0, 0.1) is 6.92 Å². The molecule has 0 aliphatic heterocycles. The van der Waals surface area contributed by atoms with E-state index in [1.165, 1.54) is 17.0 Å². The van der Waals surface area contributed by atoms with Gasteiger partial charge >= 0.3 is 0 Å². The average molecular weight is 390 g/mol. The molecule has 0 fully saturated rings. The van der Waals surface area contributed by atoms with Gasteiger partial charge in [-0.05, 0) is 61.2 Å². The van der Waals surface area contributed by atoms with Crippen LogP contribution >= 0.6 is 0 Å². The highest BCUT2D eigenvalue weighted by molar-refractivity contribution is 7.90. The van der Waals surface area contributed by atoms with Gasteiger partial charge in [0.05, 0.1) is 4.90 Å². The Kier molecular flexibility index (Phi) is 6.31. The lowest BCUT2D eigenvalue weighted by atomic mass is 10.0. The molecule has 0 aliphatic carbocycles. The number of hydrogen-bond donors (Lipinski definition) is 0. The van der Waals surface area contributed by atoms with Crippen LogP contribution in [0.5, 0.6) is 5.75 Å². The van der Waals surface area contributed by atoms with Crippen LogP contribution in [0.4, 0.5) is 5.69 Å². The molecule has 1 unspecified atom stereocenters. The largest absolute Gasteiger partial charge is 0.481 e. The normalized spacial score (nSPS) is 12.7. The Bertz CT molecular complexity index is 918. The van der Waals surface area contributed by atoms with Crippen LogP contribution in [-0.2, 0) is 14.6 Å². The minimum atomic E-state index is -3.27. The summed E-state index contributed by atoms with van der Waals surface area (Å²) in [6.45, 7) is 7.88. The summed E-state index contributed by atoms with van der Waals surface area (Å²) in [5.41, 5.74) is 2.73. The van der Waals surface area contributed by atoms with Crippen LogP contribution in [0.15, 0.2) is 47.4 Å². The number of anilines is 1. The summed E-state index contributed by atoms with van der Waals surface area (Å²) in [5, 5.41) is 0. The zero-order chi connectivity index (χ0) is 20.4. The maximum atomic E-state index is 12.7. The molecule has 1 atom stereocenters. The molecule has 1 amide bonds. The van der Waals surface area contributed by atoms with Crippen LogP contribution < -0.4 is 9.64 Å². The van der Waals surface area contributed by atoms with Crippen molar-refractivity contribution < 1.29 is 17.9 Å². The van der Waals surface area contributed by atoms with Gasteiger partial charge in [0.15, 0.2) is 15.9 Å². The first-order valence-electron chi connectivity index (χ1n) is 8.85. The van der Waals surface area contributed by atoms with E-state index in [0.717, 1.165) is 17.4 Å². The third-order valence-electron chi connectivity index (χ3n) is 4.51. The van der Waals surface area contributed by atoms with E-state index in [1.54, 1.807) is 26.1 Å². The van der Waals surface area contributed by atoms with Gasteiger partial charge in [-0.3, -0.25) is 4.79 Å². The molecule has 2 rings (SSSR count). The summed E-state index contributed by atoms with van der Waals surface area (Å²) in [4.78, 5) is 14.4. The highest BCUT2D eigenvalue weighted by atomic mass is 32.2. The molecule has 0 aliphatic rings. The lowest BCUT2D eigenvalue weighted by Gasteiger charge is -2.23. The van der Waals surface area contributed by atoms with E-state index in [0.29, 0.717) is 17.4 Å². The minimum absolute atomic E-state index is 0.212. The van der Waals surface area contributed by atoms with Gasteiger partial charge < -0.3 is 9.64 Å². The Hall–Kier alpha value is -2.34. The summed E-state index contributed by atoms with van der Waals surface area (Å²) < 4.78 is 29.1. The Morgan fingerprint density at radius 3 is 2.15 bits per heavy atom. The zero-order valence-corrected chi connectivity index (χ0v) is 17.5. The molecule has 0 spiro atoms. The van der Waals surface area contributed by atoms with E-state index in [2.05, 4.69) is 19.9 Å². The second-order valence-corrected chi connectivity index (χ2v) is 9.12. The SMILES string of the molecule is Cc1ccc(C(C)C)cc1OC(C)C(=O)N(C)c1ccc(S(C)(=O)=O)cc1. The Morgan fingerprint density at radius 2 is 1.63 bits per heavy atom. The van der Waals surface area contributed by atoms with E-state index in [1.807, 2.05) is 19.1 Å². The zero-order valence-electron chi connectivity index (χ0n) is 16.7. The smallest absolute Gasteiger partial charge is 0.267 e. The number of aryl methyl sites for hydroxylation is 1. The predicted molar refractivity (Wildman–Crippen MR) is 108 cm³/mol. The molecule has 6 heteroatoms. The molecule has 2 aromatic rings. The second-order valence-electron chi connectivity index (χ2n) is 7.10. The maximum absolute atomic E-state index is 12.7. The number of carbonyl (C=O) groups excluding carboxylic acids is 1. The maximum Gasteiger partial charge on any atom is 0.267 e. The van der Waals surface area contributed by atoms with Crippen LogP contribution in [0.2, 0.25) is 0 Å². The van der Waals surface area contributed by atoms with E-state index in [4.69, 9.17) is 4.74 Å². The Balaban J connectivity index is 2.16. The van der Waals surface area contributed by atoms with Crippen molar-refractivity contribution in [2.45, 2.75) is 44.6 Å². The number of likely N-dealkylation sites (N-methyl/N-ethyl adjacent to an activating group) is 1. The predicted octanol–water partition coefficient (Wildman–Crippen LogP) is 3.95. The molecular formula is C21H27NO4S. The van der Waals surface area contributed by atoms with E-state index < -0.39 is 15.9 Å². The molecule has 27 heavy (non-hydrogen) atoms. The quantitative estimate of drug-likeness (QED) is 0.750. The molecule has 146 valence electrons. The molecule has 2 aromatic carbocycles. The van der Waals surface area contributed by atoms with Gasteiger partial charge in [-0.2, -0.15) is 0 Å². The number of carbonyl (C=O) groups is 1. The third kappa shape index (κ3) is 5.10. The van der Waals surface area contributed by atoms with Gasteiger partial charge in [0, 0.05) is 19.0 Å². The van der Waals surface area contributed by atoms with Gasteiger partial charge in [-0.25, -0.2) is 8.42 Å². The Morgan fingerprint density at radius 1 is 1.04 bits per heavy atom. The molecule has 0 heterocycles. The summed E-state index contributed by atoms with van der Waals surface area (Å²) in [5.74, 6) is 0.856. The van der Waals surface area contributed by atoms with E-state index >= 15 is 0 Å². The van der Waals surface area contributed by atoms with Crippen molar-refractivity contribution in [1.82, 2.24) is 0 Å². The van der Waals surface area contributed by atoms with Crippen molar-refractivity contribution in [1.29, 1.82) is 0 Å². The van der Waals surface area contributed by atoms with E-state index in [-0.39, 0.29) is 10.8 Å². The van der Waals surface area contributed by atoms with Crippen LogP contribution in [0.3, 0.4) is 0 Å². The van der Waals surface area contributed by atoms with Gasteiger partial charge in [-0.1, -0.05) is 26.0 Å². The van der Waals surface area contributed by atoms with Gasteiger partial charge in [-0.15, -0.1) is 0 Å². The fourth-order valence-electron chi connectivity index (χ4n) is 2.66. The van der Waals surface area contributed by atoms with Gasteiger partial charge in [0.2, 0.25) is 0 Å². The van der Waals surface area contributed by atoms with Crippen molar-refractivity contribution >= 4 is 21.4 Å². The molecular weight excluding hydrogens is 362 g/mol. The number of hydrogen-bond acceptors (Lipinski definition) is 4. The Labute approximate surface area is 161 Å². The van der Waals surface area contributed by atoms with Crippen LogP contribution in [0.25, 0.3) is 0 Å². The first kappa shape index (κ1) is 21.0. The highest BCUT2D eigenvalue weighted by Crippen LogP contribution is 2.26. The molecule has 0 bridgehead atoms. The molecule has 0 saturated heterocycles. The number of benzene rings is 2. The fraction of sp³-hybridized carbons (Fsp3) is 0.381. The minimum Gasteiger partial charge on any atom is -0.481 e. The van der Waals surface area contributed by atoms with Crippen LogP contribution in [-0.4, -0.2) is 33.7 Å². The number of ether oxygens (including phenoxy) is 1. The number of amides is 1. The molecule has 0 N–H and O–H groups in total. The molecule has 0 saturated carbocycles. The molecule has 0 radical (unpaired) electrons. The number of nitrogens with zero attached hydrogens (tertiary/aromatic N) is 1. The van der Waals surface area contributed by atoms with Crippen LogP contribution in [0.1, 0.15) is 37.8 Å². The first-order valence-corrected chi connectivity index (χ1v) is 10.7. The molecule has 0 aromatic heterocycles. The van der Waals surface area contributed by atoms with E-state index in [9.17, 15) is 13.2 Å². The summed E-state index contributed by atoms with van der Waals surface area (Å²) in [6.07, 6.45) is 0.478. The lowest BCUT2D eigenvalue weighted by molar-refractivity contribution is -0.124. The van der Waals surface area contributed by atoms with Gasteiger partial charge in [0.25, 0.3) is 5.91 Å². The number of rotatable bonds is 6. The van der Waals surface area contributed by atoms with Crippen molar-refractivity contribution in [2.75, 3.05) is 18.2 Å². The topological polar surface area (TPSA) is 63.7 Å². The summed E-state index contributed by atoms with van der Waals surface area (Å²) >= 11 is 0. The second kappa shape index (κ2) is 8.13. The van der Waals surface area contributed by atoms with Gasteiger partial charge in [0.1, 0.15) is 5.75 Å². The lowest BCUT2D eigenvalue weighted by Crippen LogP contribution is -2.38. The summed E-state index contributed by atoms with van der Waals surface area (Å²) in [6, 6.07) is 12.3. The standard InChI is InChI=1S/C21H27NO4S/c1-14(2)17-8-7-15(3)20(13-17)26-16(4)21(23)22(5)18-9-11-19(12-10-18)27(6,24)25/h7-14,16H,1-6H3. The third-order valence-corrected chi connectivity index (χ3v) is 5.64. The van der Waals surface area contributed by atoms with Crippen molar-refractivity contribution in [3.63, 3.8) is 0 Å². The highest BCUT2D eigenvalue weighted by Gasteiger charge is 2.21. The molecule has 5 nitrogen and oxygen atoms in total. The van der Waals surface area contributed by atoms with Crippen molar-refractivity contribution in [2.24, 2.45) is 0 Å². The van der Waals surface area contributed by atoms with Crippen molar-refractivity contribution in [3.8, 4) is 5.75 Å². The van der Waals surface area contributed by atoms with Crippen molar-refractivity contribution in [3.05, 3.63) is 53.6 Å².